The first-order valence-corrected chi connectivity index (χ1v) is 8.59. The minimum atomic E-state index is -4.76. The van der Waals surface area contributed by atoms with Crippen molar-refractivity contribution in [3.63, 3.8) is 0 Å². The first-order valence-electron chi connectivity index (χ1n) is 8.59. The molecule has 0 aliphatic carbocycles. The molecule has 1 atom stereocenters. The Balaban J connectivity index is 2.84. The fourth-order valence-electron chi connectivity index (χ4n) is 2.36. The monoisotopic (exact) mass is 407 g/mol. The summed E-state index contributed by atoms with van der Waals surface area (Å²) in [5, 5.41) is 2.58. The molecule has 0 aliphatic rings. The molecule has 28 heavy (non-hydrogen) atoms. The van der Waals surface area contributed by atoms with Gasteiger partial charge in [-0.25, -0.2) is 13.6 Å². The molecule has 0 saturated carbocycles. The van der Waals surface area contributed by atoms with Crippen molar-refractivity contribution >= 4 is 11.9 Å². The molecule has 0 aliphatic heterocycles. The lowest BCUT2D eigenvalue weighted by atomic mass is 9.99. The number of ketones is 1. The Morgan fingerprint density at radius 1 is 1.11 bits per heavy atom. The van der Waals surface area contributed by atoms with Crippen LogP contribution in [0.25, 0.3) is 0 Å². The number of nitrogens with one attached hydrogen (secondary N) is 1. The second-order valence-corrected chi connectivity index (χ2v) is 7.55. The Bertz CT molecular complexity index is 706. The summed E-state index contributed by atoms with van der Waals surface area (Å²) in [6.45, 7) is 9.90. The van der Waals surface area contributed by atoms with Gasteiger partial charge in [-0.15, -0.1) is 0 Å². The van der Waals surface area contributed by atoms with E-state index in [0.717, 1.165) is 12.1 Å². The van der Waals surface area contributed by atoms with Crippen LogP contribution in [-0.4, -0.2) is 42.5 Å². The quantitative estimate of drug-likeness (QED) is 0.527. The third-order valence-electron chi connectivity index (χ3n) is 3.54. The summed E-state index contributed by atoms with van der Waals surface area (Å²) in [6, 6.07) is 1.72. The van der Waals surface area contributed by atoms with Crippen LogP contribution in [0.15, 0.2) is 12.1 Å². The lowest BCUT2D eigenvalue weighted by Crippen LogP contribution is -2.40. The molecule has 0 saturated heterocycles. The van der Waals surface area contributed by atoms with Crippen molar-refractivity contribution in [2.24, 2.45) is 0 Å². The molecule has 1 N–H and O–H groups in total. The van der Waals surface area contributed by atoms with Crippen molar-refractivity contribution in [2.75, 3.05) is 6.61 Å². The van der Waals surface area contributed by atoms with Crippen molar-refractivity contribution in [1.82, 2.24) is 5.32 Å². The highest BCUT2D eigenvalue weighted by atomic mass is 19.3. The predicted molar refractivity (Wildman–Crippen MR) is 95.5 cm³/mol. The number of Topliss-reactive ketones (excluding diaryl/α,β-unsaturated/α-hetero) is 1. The topological polar surface area (TPSA) is 64.6 Å². The molecule has 0 aromatic heterocycles. The van der Waals surface area contributed by atoms with Crippen LogP contribution in [0.4, 0.5) is 22.4 Å². The molecule has 5 nitrogen and oxygen atoms in total. The molecule has 1 aromatic rings. The second-order valence-electron chi connectivity index (χ2n) is 7.55. The van der Waals surface area contributed by atoms with E-state index in [-0.39, 0.29) is 6.61 Å². The zero-order chi connectivity index (χ0) is 21.9. The summed E-state index contributed by atoms with van der Waals surface area (Å²) in [5.41, 5.74) is -0.510. The molecule has 158 valence electrons. The van der Waals surface area contributed by atoms with Crippen molar-refractivity contribution < 1.29 is 36.6 Å². The lowest BCUT2D eigenvalue weighted by molar-refractivity contribution is -0.0958. The second kappa shape index (κ2) is 8.79. The molecule has 1 rings (SSSR count). The average Bonchev–Trinajstić information content (AvgIpc) is 2.50. The fourth-order valence-corrected chi connectivity index (χ4v) is 2.36. The number of benzene rings is 1. The van der Waals surface area contributed by atoms with Crippen molar-refractivity contribution in [3.8, 4) is 5.75 Å². The van der Waals surface area contributed by atoms with E-state index < -0.39 is 41.4 Å². The van der Waals surface area contributed by atoms with Crippen LogP contribution in [0.5, 0.6) is 5.75 Å². The third-order valence-corrected chi connectivity index (χ3v) is 3.54. The molecule has 9 heteroatoms. The summed E-state index contributed by atoms with van der Waals surface area (Å²) in [6.07, 6.45) is -4.71. The Kier molecular flexibility index (Phi) is 7.45. The number of alkyl carbamates (subject to hydrolysis) is 1. The van der Waals surface area contributed by atoms with Crippen LogP contribution in [0, 0.1) is 13.8 Å². The number of hydrogen-bond acceptors (Lipinski definition) is 4. The van der Waals surface area contributed by atoms with Gasteiger partial charge in [-0.1, -0.05) is 0 Å². The van der Waals surface area contributed by atoms with Gasteiger partial charge < -0.3 is 14.8 Å². The zero-order valence-electron chi connectivity index (χ0n) is 16.7. The summed E-state index contributed by atoms with van der Waals surface area (Å²) in [7, 11) is 0. The maximum atomic E-state index is 13.3. The van der Waals surface area contributed by atoms with Crippen molar-refractivity contribution in [1.29, 1.82) is 0 Å². The SMILES string of the molecule is Cc1cc(C(=O)C(F)(F)C(F)F)cc(C)c1OCC(C)NC(=O)OC(C)(C)C. The molecule has 0 heterocycles. The maximum Gasteiger partial charge on any atom is 0.407 e. The Hall–Kier alpha value is -2.32. The van der Waals surface area contributed by atoms with Gasteiger partial charge in [0.15, 0.2) is 0 Å². The Morgan fingerprint density at radius 2 is 1.61 bits per heavy atom. The van der Waals surface area contributed by atoms with Crippen LogP contribution in [-0.2, 0) is 4.74 Å². The van der Waals surface area contributed by atoms with Gasteiger partial charge in [0.05, 0.1) is 6.04 Å². The normalized spacial score (nSPS) is 13.2. The van der Waals surface area contributed by atoms with Gasteiger partial charge >= 0.3 is 18.4 Å². The molecular weight excluding hydrogens is 382 g/mol. The highest BCUT2D eigenvalue weighted by Crippen LogP contribution is 2.31. The van der Waals surface area contributed by atoms with Gasteiger partial charge in [0, 0.05) is 5.56 Å². The molecular formula is C19H25F4NO4. The van der Waals surface area contributed by atoms with Crippen molar-refractivity contribution in [2.45, 2.75) is 65.5 Å². The van der Waals surface area contributed by atoms with Crippen LogP contribution in [0.3, 0.4) is 0 Å². The summed E-state index contributed by atoms with van der Waals surface area (Å²) < 4.78 is 62.1. The largest absolute Gasteiger partial charge is 0.491 e. The standard InChI is InChI=1S/C19H25F4NO4/c1-10-7-13(15(25)19(22,23)16(20)21)8-11(2)14(10)27-9-12(3)24-17(26)28-18(4,5)6/h7-8,12,16H,9H2,1-6H3,(H,24,26). The molecule has 0 fully saturated rings. The number of alkyl halides is 4. The predicted octanol–water partition coefficient (Wildman–Crippen LogP) is 4.68. The van der Waals surface area contributed by atoms with Crippen LogP contribution in [0.1, 0.15) is 49.2 Å². The molecule has 0 radical (unpaired) electrons. The van der Waals surface area contributed by atoms with Crippen LogP contribution in [0.2, 0.25) is 0 Å². The van der Waals surface area contributed by atoms with E-state index in [1.807, 2.05) is 0 Å². The van der Waals surface area contributed by atoms with Gasteiger partial charge in [0.1, 0.15) is 18.0 Å². The van der Waals surface area contributed by atoms with Gasteiger partial charge in [-0.05, 0) is 64.8 Å². The molecule has 0 bridgehead atoms. The molecule has 1 amide bonds. The van der Waals surface area contributed by atoms with Crippen LogP contribution >= 0.6 is 0 Å². The smallest absolute Gasteiger partial charge is 0.407 e. The van der Waals surface area contributed by atoms with E-state index in [1.165, 1.54) is 13.8 Å². The third kappa shape index (κ3) is 6.38. The molecule has 1 unspecified atom stereocenters. The number of amides is 1. The highest BCUT2D eigenvalue weighted by Gasteiger charge is 2.49. The van der Waals surface area contributed by atoms with Gasteiger partial charge in [-0.3, -0.25) is 4.79 Å². The maximum absolute atomic E-state index is 13.3. The van der Waals surface area contributed by atoms with Gasteiger partial charge in [-0.2, -0.15) is 8.78 Å². The number of carbonyl (C=O) groups excluding carboxylic acids is 2. The van der Waals surface area contributed by atoms with E-state index >= 15 is 0 Å². The van der Waals surface area contributed by atoms with E-state index in [0.29, 0.717) is 16.9 Å². The Morgan fingerprint density at radius 3 is 2.04 bits per heavy atom. The minimum absolute atomic E-state index is 0.0431. The average molecular weight is 407 g/mol. The van der Waals surface area contributed by atoms with Gasteiger partial charge in [0.25, 0.3) is 0 Å². The summed E-state index contributed by atoms with van der Waals surface area (Å²) in [5.74, 6) is -6.39. The number of ether oxygens (including phenoxy) is 2. The van der Waals surface area contributed by atoms with E-state index in [9.17, 15) is 27.2 Å². The fraction of sp³-hybridized carbons (Fsp3) is 0.579. The zero-order valence-corrected chi connectivity index (χ0v) is 16.7. The first-order chi connectivity index (χ1) is 12.6. The minimum Gasteiger partial charge on any atom is -0.491 e. The summed E-state index contributed by atoms with van der Waals surface area (Å²) in [4.78, 5) is 23.4. The number of rotatable bonds is 7. The number of carbonyl (C=O) groups is 2. The number of halogens is 4. The van der Waals surface area contributed by atoms with Crippen LogP contribution < -0.4 is 10.1 Å². The molecule has 0 spiro atoms. The highest BCUT2D eigenvalue weighted by molar-refractivity contribution is 6.02. The van der Waals surface area contributed by atoms with E-state index in [4.69, 9.17) is 9.47 Å². The number of aryl methyl sites for hydroxylation is 2. The van der Waals surface area contributed by atoms with Crippen molar-refractivity contribution in [3.05, 3.63) is 28.8 Å². The Labute approximate surface area is 161 Å². The first kappa shape index (κ1) is 23.7. The number of hydrogen-bond donors (Lipinski definition) is 1. The van der Waals surface area contributed by atoms with E-state index in [2.05, 4.69) is 5.32 Å². The van der Waals surface area contributed by atoms with Gasteiger partial charge in [0.2, 0.25) is 5.78 Å². The van der Waals surface area contributed by atoms with E-state index in [1.54, 1.807) is 27.7 Å². The lowest BCUT2D eigenvalue weighted by Gasteiger charge is -2.22. The summed E-state index contributed by atoms with van der Waals surface area (Å²) >= 11 is 0. The molecule has 1 aromatic carbocycles.